The number of hydrogen-bond acceptors (Lipinski definition) is 2. The molecule has 15 heavy (non-hydrogen) atoms. The van der Waals surface area contributed by atoms with Gasteiger partial charge in [-0.25, -0.2) is 0 Å². The lowest BCUT2D eigenvalue weighted by molar-refractivity contribution is 0.165. The Kier molecular flexibility index (Phi) is 1.98. The molecule has 2 aliphatic rings. The summed E-state index contributed by atoms with van der Waals surface area (Å²) in [7, 11) is 0. The molecule has 1 saturated carbocycles. The molecule has 1 aliphatic carbocycles. The molecule has 2 heterocycles. The Balaban J connectivity index is 1.79. The van der Waals surface area contributed by atoms with Gasteiger partial charge in [-0.3, -0.25) is 4.98 Å². The first-order valence-corrected chi connectivity index (χ1v) is 5.95. The molecule has 0 amide bonds. The smallest absolute Gasteiger partial charge is 0.0399 e. The minimum Gasteiger partial charge on any atom is -0.371 e. The molecule has 0 N–H and O–H groups in total. The highest BCUT2D eigenvalue weighted by atomic mass is 15.2. The number of pyridine rings is 1. The lowest BCUT2D eigenvalue weighted by atomic mass is 9.68. The van der Waals surface area contributed by atoms with Gasteiger partial charge in [-0.15, -0.1) is 0 Å². The Morgan fingerprint density at radius 2 is 2.20 bits per heavy atom. The van der Waals surface area contributed by atoms with Crippen molar-refractivity contribution >= 4 is 5.69 Å². The second kappa shape index (κ2) is 3.22. The van der Waals surface area contributed by atoms with Crippen molar-refractivity contribution in [3.8, 4) is 0 Å². The van der Waals surface area contributed by atoms with Crippen molar-refractivity contribution in [2.24, 2.45) is 5.41 Å². The van der Waals surface area contributed by atoms with E-state index in [1.807, 2.05) is 6.20 Å². The fourth-order valence-electron chi connectivity index (χ4n) is 2.97. The summed E-state index contributed by atoms with van der Waals surface area (Å²) in [5.74, 6) is 0. The number of aromatic nitrogens is 1. The third-order valence-corrected chi connectivity index (χ3v) is 4.10. The monoisotopic (exact) mass is 202 g/mol. The van der Waals surface area contributed by atoms with Crippen LogP contribution in [0, 0.1) is 12.3 Å². The molecule has 0 bridgehead atoms. The summed E-state index contributed by atoms with van der Waals surface area (Å²) < 4.78 is 0. The Hall–Kier alpha value is -1.05. The molecule has 0 aromatic carbocycles. The topological polar surface area (TPSA) is 16.1 Å². The Labute approximate surface area is 91.3 Å². The molecule has 3 rings (SSSR count). The molecular formula is C13H18N2. The zero-order valence-corrected chi connectivity index (χ0v) is 9.37. The first-order valence-electron chi connectivity index (χ1n) is 5.95. The van der Waals surface area contributed by atoms with Crippen molar-refractivity contribution in [3.05, 3.63) is 24.0 Å². The highest BCUT2D eigenvalue weighted by molar-refractivity contribution is 5.48. The number of nitrogens with zero attached hydrogens (tertiary/aromatic N) is 2. The summed E-state index contributed by atoms with van der Waals surface area (Å²) in [5.41, 5.74) is 3.19. The van der Waals surface area contributed by atoms with E-state index in [1.54, 1.807) is 0 Å². The maximum absolute atomic E-state index is 4.26. The summed E-state index contributed by atoms with van der Waals surface area (Å²) in [5, 5.41) is 0. The number of anilines is 1. The molecule has 0 unspecified atom stereocenters. The van der Waals surface area contributed by atoms with Crippen LogP contribution in [0.2, 0.25) is 0 Å². The predicted molar refractivity (Wildman–Crippen MR) is 62.1 cm³/mol. The van der Waals surface area contributed by atoms with E-state index in [0.717, 1.165) is 5.69 Å². The molecule has 1 aliphatic heterocycles. The molecule has 2 nitrogen and oxygen atoms in total. The van der Waals surface area contributed by atoms with Crippen molar-refractivity contribution < 1.29 is 0 Å². The lowest BCUT2D eigenvalue weighted by Crippen LogP contribution is -2.33. The third kappa shape index (κ3) is 1.52. The van der Waals surface area contributed by atoms with Crippen LogP contribution in [0.1, 0.15) is 31.4 Å². The fourth-order valence-corrected chi connectivity index (χ4v) is 2.97. The first-order chi connectivity index (χ1) is 7.27. The molecule has 0 atom stereocenters. The Morgan fingerprint density at radius 3 is 2.80 bits per heavy atom. The van der Waals surface area contributed by atoms with Gasteiger partial charge in [0.25, 0.3) is 0 Å². The molecule has 0 radical (unpaired) electrons. The van der Waals surface area contributed by atoms with E-state index in [2.05, 4.69) is 28.9 Å². The maximum atomic E-state index is 4.26. The fraction of sp³-hybridized carbons (Fsp3) is 0.615. The molecule has 1 saturated heterocycles. The van der Waals surface area contributed by atoms with Crippen LogP contribution in [-0.2, 0) is 0 Å². The van der Waals surface area contributed by atoms with Gasteiger partial charge < -0.3 is 4.90 Å². The molecule has 1 aromatic heterocycles. The van der Waals surface area contributed by atoms with Crippen molar-refractivity contribution in [2.75, 3.05) is 18.0 Å². The summed E-state index contributed by atoms with van der Waals surface area (Å²) in [6.45, 7) is 4.58. The highest BCUT2D eigenvalue weighted by Crippen LogP contribution is 2.48. The molecular weight excluding hydrogens is 184 g/mol. The number of rotatable bonds is 1. The van der Waals surface area contributed by atoms with Crippen LogP contribution < -0.4 is 4.90 Å². The van der Waals surface area contributed by atoms with Crippen molar-refractivity contribution in [3.63, 3.8) is 0 Å². The van der Waals surface area contributed by atoms with Crippen LogP contribution in [0.5, 0.6) is 0 Å². The Morgan fingerprint density at radius 1 is 1.33 bits per heavy atom. The molecule has 1 aromatic rings. The van der Waals surface area contributed by atoms with Gasteiger partial charge in [-0.05, 0) is 43.7 Å². The second-order valence-electron chi connectivity index (χ2n) is 5.18. The van der Waals surface area contributed by atoms with Gasteiger partial charge in [-0.2, -0.15) is 0 Å². The van der Waals surface area contributed by atoms with E-state index in [9.17, 15) is 0 Å². The minimum absolute atomic E-state index is 0.692. The van der Waals surface area contributed by atoms with Gasteiger partial charge in [0, 0.05) is 30.7 Å². The van der Waals surface area contributed by atoms with Gasteiger partial charge in [0.1, 0.15) is 0 Å². The minimum atomic E-state index is 0.692. The summed E-state index contributed by atoms with van der Waals surface area (Å²) in [4.78, 5) is 6.79. The largest absolute Gasteiger partial charge is 0.371 e. The number of hydrogen-bond donors (Lipinski definition) is 0. The molecule has 2 heteroatoms. The average Bonchev–Trinajstić information content (AvgIpc) is 2.62. The maximum Gasteiger partial charge on any atom is 0.0399 e. The van der Waals surface area contributed by atoms with Crippen LogP contribution in [0.25, 0.3) is 0 Å². The summed E-state index contributed by atoms with van der Waals surface area (Å²) in [6.07, 6.45) is 7.68. The SMILES string of the molecule is Cc1cc(N2CCC3(CCC3)C2)ccn1. The van der Waals surface area contributed by atoms with E-state index in [-0.39, 0.29) is 0 Å². The first kappa shape index (κ1) is 9.20. The second-order valence-corrected chi connectivity index (χ2v) is 5.18. The predicted octanol–water partition coefficient (Wildman–Crippen LogP) is 2.77. The molecule has 2 fully saturated rings. The quantitative estimate of drug-likeness (QED) is 0.696. The van der Waals surface area contributed by atoms with E-state index in [4.69, 9.17) is 0 Å². The van der Waals surface area contributed by atoms with Crippen molar-refractivity contribution in [1.82, 2.24) is 4.98 Å². The van der Waals surface area contributed by atoms with Crippen LogP contribution in [0.3, 0.4) is 0 Å². The van der Waals surface area contributed by atoms with Gasteiger partial charge in [0.2, 0.25) is 0 Å². The van der Waals surface area contributed by atoms with Gasteiger partial charge in [0.15, 0.2) is 0 Å². The summed E-state index contributed by atoms with van der Waals surface area (Å²) >= 11 is 0. The van der Waals surface area contributed by atoms with Crippen molar-refractivity contribution in [1.29, 1.82) is 0 Å². The van der Waals surface area contributed by atoms with Crippen LogP contribution in [-0.4, -0.2) is 18.1 Å². The summed E-state index contributed by atoms with van der Waals surface area (Å²) in [6, 6.07) is 4.35. The van der Waals surface area contributed by atoms with Gasteiger partial charge in [0.05, 0.1) is 0 Å². The zero-order chi connectivity index (χ0) is 10.3. The molecule has 80 valence electrons. The van der Waals surface area contributed by atoms with Gasteiger partial charge in [-0.1, -0.05) is 6.42 Å². The van der Waals surface area contributed by atoms with Crippen LogP contribution in [0.4, 0.5) is 5.69 Å². The normalized spacial score (nSPS) is 23.1. The number of aryl methyl sites for hydroxylation is 1. The lowest BCUT2D eigenvalue weighted by Gasteiger charge is -2.38. The Bertz CT molecular complexity index is 369. The standard InChI is InChI=1S/C13H18N2/c1-11-9-12(3-7-14-11)15-8-6-13(10-15)4-2-5-13/h3,7,9H,2,4-6,8,10H2,1H3. The highest BCUT2D eigenvalue weighted by Gasteiger charge is 2.42. The van der Waals surface area contributed by atoms with Crippen molar-refractivity contribution in [2.45, 2.75) is 32.6 Å². The van der Waals surface area contributed by atoms with E-state index in [0.29, 0.717) is 5.41 Å². The third-order valence-electron chi connectivity index (χ3n) is 4.10. The van der Waals surface area contributed by atoms with Crippen LogP contribution >= 0.6 is 0 Å². The van der Waals surface area contributed by atoms with E-state index in [1.165, 1.54) is 44.5 Å². The van der Waals surface area contributed by atoms with E-state index >= 15 is 0 Å². The zero-order valence-electron chi connectivity index (χ0n) is 9.37. The molecule has 1 spiro atoms. The van der Waals surface area contributed by atoms with Gasteiger partial charge >= 0.3 is 0 Å². The van der Waals surface area contributed by atoms with Crippen LogP contribution in [0.15, 0.2) is 18.3 Å². The average molecular weight is 202 g/mol. The van der Waals surface area contributed by atoms with E-state index < -0.39 is 0 Å².